The van der Waals surface area contributed by atoms with Crippen LogP contribution in [0.15, 0.2) is 0 Å². The van der Waals surface area contributed by atoms with Gasteiger partial charge in [-0.3, -0.25) is 4.90 Å². The van der Waals surface area contributed by atoms with Crippen molar-refractivity contribution >= 4 is 0 Å². The molecule has 7 heavy (non-hydrogen) atoms. The second-order valence-electron chi connectivity index (χ2n) is 1.26. The molecule has 0 atom stereocenters. The van der Waals surface area contributed by atoms with Gasteiger partial charge in [0.05, 0.1) is 0 Å². The van der Waals surface area contributed by atoms with Crippen LogP contribution in [0.3, 0.4) is 0 Å². The maximum atomic E-state index is 11.3. The molecule has 0 aromatic rings. The van der Waals surface area contributed by atoms with Crippen LogP contribution in [0.5, 0.6) is 0 Å². The van der Waals surface area contributed by atoms with Gasteiger partial charge in [-0.15, -0.1) is 0 Å². The highest BCUT2D eigenvalue weighted by Gasteiger charge is 2.05. The monoisotopic (exact) mass is 108 g/mol. The van der Waals surface area contributed by atoms with Crippen molar-refractivity contribution in [2.24, 2.45) is 0 Å². The smallest absolute Gasteiger partial charge is 0.250 e. The quantitative estimate of drug-likeness (QED) is 0.476. The van der Waals surface area contributed by atoms with E-state index in [1.165, 1.54) is 7.05 Å². The molecule has 0 heterocycles. The van der Waals surface area contributed by atoms with E-state index >= 15 is 0 Å². The Bertz CT molecular complexity index is 47.0. The summed E-state index contributed by atoms with van der Waals surface area (Å²) >= 11 is 0. The van der Waals surface area contributed by atoms with Gasteiger partial charge in [0.2, 0.25) is 0 Å². The van der Waals surface area contributed by atoms with Crippen LogP contribution >= 0.6 is 0 Å². The summed E-state index contributed by atoms with van der Waals surface area (Å²) in [6, 6.07) is 0. The number of halogens is 2. The second kappa shape index (κ2) is 2.91. The lowest BCUT2D eigenvalue weighted by molar-refractivity contribution is -0.00188. The van der Waals surface area contributed by atoms with E-state index in [0.29, 0.717) is 0 Å². The number of rotatable bonds is 2. The Balaban J connectivity index is 3.14. The fourth-order valence-electron chi connectivity index (χ4n) is 0.0976. The van der Waals surface area contributed by atoms with E-state index in [2.05, 4.69) is 6.92 Å². The Morgan fingerprint density at radius 1 is 1.71 bits per heavy atom. The van der Waals surface area contributed by atoms with Crippen molar-refractivity contribution in [1.82, 2.24) is 4.90 Å². The third-order valence-electron chi connectivity index (χ3n) is 0.686. The zero-order valence-corrected chi connectivity index (χ0v) is 4.19. The fraction of sp³-hybridized carbons (Fsp3) is 0.750. The topological polar surface area (TPSA) is 3.24 Å². The SMILES string of the molecule is [CH2]CN(C)C(F)F. The van der Waals surface area contributed by atoms with Crippen molar-refractivity contribution in [3.8, 4) is 0 Å². The lowest BCUT2D eigenvalue weighted by atomic mass is 10.7. The molecule has 0 rings (SSSR count). The highest BCUT2D eigenvalue weighted by Crippen LogP contribution is 1.95. The summed E-state index contributed by atoms with van der Waals surface area (Å²) in [5.74, 6) is 0. The van der Waals surface area contributed by atoms with Crippen LogP contribution < -0.4 is 0 Å². The first-order valence-electron chi connectivity index (χ1n) is 1.96. The molecule has 0 spiro atoms. The zero-order valence-electron chi connectivity index (χ0n) is 4.19. The summed E-state index contributed by atoms with van der Waals surface area (Å²) in [6.07, 6.45) is 0. The first kappa shape index (κ1) is 6.82. The van der Waals surface area contributed by atoms with Crippen molar-refractivity contribution in [2.45, 2.75) is 6.55 Å². The van der Waals surface area contributed by atoms with E-state index in [1.807, 2.05) is 0 Å². The van der Waals surface area contributed by atoms with E-state index in [4.69, 9.17) is 0 Å². The van der Waals surface area contributed by atoms with Crippen LogP contribution in [0.25, 0.3) is 0 Å². The van der Waals surface area contributed by atoms with E-state index in [0.717, 1.165) is 4.90 Å². The Morgan fingerprint density at radius 3 is 2.14 bits per heavy atom. The molecule has 0 amide bonds. The highest BCUT2D eigenvalue weighted by molar-refractivity contribution is 4.46. The fourth-order valence-corrected chi connectivity index (χ4v) is 0.0976. The number of alkyl halides is 2. The molecule has 0 aliphatic heterocycles. The summed E-state index contributed by atoms with van der Waals surface area (Å²) in [6.45, 7) is 1.04. The van der Waals surface area contributed by atoms with Crippen LogP contribution in [-0.4, -0.2) is 25.0 Å². The van der Waals surface area contributed by atoms with Crippen LogP contribution in [0.1, 0.15) is 0 Å². The molecule has 1 radical (unpaired) electrons. The van der Waals surface area contributed by atoms with Crippen molar-refractivity contribution in [1.29, 1.82) is 0 Å². The van der Waals surface area contributed by atoms with Gasteiger partial charge in [0, 0.05) is 6.54 Å². The van der Waals surface area contributed by atoms with Gasteiger partial charge < -0.3 is 0 Å². The van der Waals surface area contributed by atoms with Gasteiger partial charge in [0.15, 0.2) is 0 Å². The lowest BCUT2D eigenvalue weighted by Crippen LogP contribution is -2.23. The maximum Gasteiger partial charge on any atom is 0.294 e. The van der Waals surface area contributed by atoms with E-state index in [1.54, 1.807) is 0 Å². The van der Waals surface area contributed by atoms with E-state index in [-0.39, 0.29) is 6.54 Å². The summed E-state index contributed by atoms with van der Waals surface area (Å²) in [4.78, 5) is 0.847. The largest absolute Gasteiger partial charge is 0.294 e. The Morgan fingerprint density at radius 2 is 2.14 bits per heavy atom. The Labute approximate surface area is 41.9 Å². The van der Waals surface area contributed by atoms with Gasteiger partial charge >= 0.3 is 0 Å². The third-order valence-corrected chi connectivity index (χ3v) is 0.686. The minimum Gasteiger partial charge on any atom is -0.250 e. The van der Waals surface area contributed by atoms with Crippen LogP contribution in [0.2, 0.25) is 0 Å². The van der Waals surface area contributed by atoms with Crippen LogP contribution in [-0.2, 0) is 0 Å². The number of nitrogens with zero attached hydrogens (tertiary/aromatic N) is 1. The highest BCUT2D eigenvalue weighted by atomic mass is 19.3. The normalized spacial score (nSPS) is 11.1. The Kier molecular flexibility index (Phi) is 2.83. The van der Waals surface area contributed by atoms with Gasteiger partial charge in [0.1, 0.15) is 0 Å². The molecule has 0 aliphatic carbocycles. The molecule has 0 aromatic carbocycles. The van der Waals surface area contributed by atoms with Gasteiger partial charge in [-0.25, -0.2) is 0 Å². The van der Waals surface area contributed by atoms with E-state index in [9.17, 15) is 8.78 Å². The van der Waals surface area contributed by atoms with Gasteiger partial charge in [-0.2, -0.15) is 8.78 Å². The van der Waals surface area contributed by atoms with Gasteiger partial charge in [0.25, 0.3) is 6.55 Å². The molecule has 0 fully saturated rings. The molecule has 0 saturated carbocycles. The number of hydrogen-bond donors (Lipinski definition) is 0. The molecule has 0 N–H and O–H groups in total. The standard InChI is InChI=1S/C4H8F2N/c1-3-7(2)4(5)6/h4H,1,3H2,2H3. The van der Waals surface area contributed by atoms with Gasteiger partial charge in [-0.1, -0.05) is 0 Å². The third kappa shape index (κ3) is 2.51. The zero-order chi connectivity index (χ0) is 5.86. The molecular weight excluding hydrogens is 100 g/mol. The minimum atomic E-state index is -2.36. The summed E-state index contributed by atoms with van der Waals surface area (Å²) in [5, 5.41) is 0. The van der Waals surface area contributed by atoms with Crippen molar-refractivity contribution < 1.29 is 8.78 Å². The molecule has 0 aliphatic rings. The average molecular weight is 108 g/mol. The van der Waals surface area contributed by atoms with Crippen LogP contribution in [0, 0.1) is 6.92 Å². The predicted molar refractivity (Wildman–Crippen MR) is 24.0 cm³/mol. The first-order valence-corrected chi connectivity index (χ1v) is 1.96. The Hall–Kier alpha value is -0.180. The molecule has 1 nitrogen and oxygen atoms in total. The molecule has 0 saturated heterocycles. The first-order chi connectivity index (χ1) is 3.18. The van der Waals surface area contributed by atoms with Crippen LogP contribution in [0.4, 0.5) is 8.78 Å². The summed E-state index contributed by atoms with van der Waals surface area (Å²) in [5.41, 5.74) is 0. The summed E-state index contributed by atoms with van der Waals surface area (Å²) in [7, 11) is 1.32. The molecule has 43 valence electrons. The molecule has 0 bridgehead atoms. The van der Waals surface area contributed by atoms with Crippen molar-refractivity contribution in [3.05, 3.63) is 6.92 Å². The summed E-state index contributed by atoms with van der Waals surface area (Å²) < 4.78 is 22.6. The molecule has 0 aromatic heterocycles. The number of hydrogen-bond acceptors (Lipinski definition) is 1. The maximum absolute atomic E-state index is 11.3. The van der Waals surface area contributed by atoms with Crippen molar-refractivity contribution in [2.75, 3.05) is 13.6 Å². The molecule has 0 unspecified atom stereocenters. The average Bonchev–Trinajstić information content (AvgIpc) is 1.65. The lowest BCUT2D eigenvalue weighted by Gasteiger charge is -2.09. The minimum absolute atomic E-state index is 0.150. The van der Waals surface area contributed by atoms with Gasteiger partial charge in [-0.05, 0) is 14.0 Å². The molecular formula is C4H8F2N. The van der Waals surface area contributed by atoms with E-state index < -0.39 is 6.55 Å². The predicted octanol–water partition coefficient (Wildman–Crippen LogP) is 0.975. The second-order valence-corrected chi connectivity index (χ2v) is 1.26. The molecule has 3 heteroatoms. The van der Waals surface area contributed by atoms with Crippen molar-refractivity contribution in [3.63, 3.8) is 0 Å².